The average molecular weight is 256 g/mol. The minimum Gasteiger partial charge on any atom is -0.258 e. The van der Waals surface area contributed by atoms with Crippen molar-refractivity contribution in [3.8, 4) is 0 Å². The molecule has 1 rings (SSSR count). The van der Waals surface area contributed by atoms with E-state index in [0.29, 0.717) is 6.20 Å². The van der Waals surface area contributed by atoms with Gasteiger partial charge in [0.1, 0.15) is 11.8 Å². The van der Waals surface area contributed by atoms with E-state index in [0.717, 1.165) is 6.92 Å². The molecule has 0 unspecified atom stereocenters. The number of nitrogens with zero attached hydrogens (tertiary/aromatic N) is 2. The molecule has 4 nitrogen and oxygen atoms in total. The molecule has 17 heavy (non-hydrogen) atoms. The van der Waals surface area contributed by atoms with Gasteiger partial charge in [-0.05, 0) is 6.92 Å². The topological polar surface area (TPSA) is 56.0 Å². The van der Waals surface area contributed by atoms with Crippen molar-refractivity contribution in [2.24, 2.45) is 0 Å². The van der Waals surface area contributed by atoms with Gasteiger partial charge < -0.3 is 0 Å². The molecule has 94 valence electrons. The molecule has 0 bridgehead atoms. The van der Waals surface area contributed by atoms with Gasteiger partial charge in [0.2, 0.25) is 0 Å². The van der Waals surface area contributed by atoms with Crippen LogP contribution in [0.2, 0.25) is 0 Å². The molecule has 0 saturated heterocycles. The molecule has 1 heterocycles. The van der Waals surface area contributed by atoms with Crippen LogP contribution in [0.3, 0.4) is 0 Å². The predicted octanol–water partition coefficient (Wildman–Crippen LogP) is 3.25. The van der Waals surface area contributed by atoms with Crippen LogP contribution in [0.15, 0.2) is 6.20 Å². The van der Waals surface area contributed by atoms with E-state index in [1.54, 1.807) is 0 Å². The second kappa shape index (κ2) is 4.22. The van der Waals surface area contributed by atoms with Crippen molar-refractivity contribution < 1.29 is 26.9 Å². The van der Waals surface area contributed by atoms with Crippen LogP contribution in [0.1, 0.15) is 23.2 Å². The number of rotatable bonds is 2. The normalized spacial score (nSPS) is 11.9. The zero-order valence-corrected chi connectivity index (χ0v) is 8.26. The summed E-state index contributed by atoms with van der Waals surface area (Å²) in [5.41, 5.74) is -5.45. The van der Waals surface area contributed by atoms with E-state index in [2.05, 4.69) is 4.98 Å². The Hall–Kier alpha value is -1.80. The largest absolute Gasteiger partial charge is 0.423 e. The van der Waals surface area contributed by atoms with Gasteiger partial charge in [-0.2, -0.15) is 13.2 Å². The molecule has 0 aliphatic heterocycles. The average Bonchev–Trinajstić information content (AvgIpc) is 2.14. The third-order valence-corrected chi connectivity index (χ3v) is 1.99. The standard InChI is InChI=1S/C8H5F5N2O2/c1-3-5(7(9)10)6(8(11,12)13)4(2-14-3)15(16)17/h2,7H,1H3. The van der Waals surface area contributed by atoms with Crippen molar-refractivity contribution in [3.05, 3.63) is 33.1 Å². The smallest absolute Gasteiger partial charge is 0.258 e. The van der Waals surface area contributed by atoms with Crippen LogP contribution in [0, 0.1) is 17.0 Å². The Bertz CT molecular complexity index is 458. The number of pyridine rings is 1. The van der Waals surface area contributed by atoms with Crippen LogP contribution in [-0.4, -0.2) is 9.91 Å². The summed E-state index contributed by atoms with van der Waals surface area (Å²) in [6.45, 7) is 0.931. The van der Waals surface area contributed by atoms with E-state index in [-0.39, 0.29) is 0 Å². The highest BCUT2D eigenvalue weighted by Gasteiger charge is 2.44. The number of aryl methyl sites for hydroxylation is 1. The van der Waals surface area contributed by atoms with Crippen molar-refractivity contribution in [2.75, 3.05) is 0 Å². The Morgan fingerprint density at radius 1 is 1.41 bits per heavy atom. The van der Waals surface area contributed by atoms with Crippen LogP contribution >= 0.6 is 0 Å². The van der Waals surface area contributed by atoms with Crippen LogP contribution in [0.4, 0.5) is 27.6 Å². The Morgan fingerprint density at radius 2 is 1.94 bits per heavy atom. The molecule has 0 atom stereocenters. The van der Waals surface area contributed by atoms with E-state index < -0.39 is 40.0 Å². The van der Waals surface area contributed by atoms with Crippen molar-refractivity contribution in [2.45, 2.75) is 19.5 Å². The molecule has 0 amide bonds. The summed E-state index contributed by atoms with van der Waals surface area (Å²) in [5.74, 6) is 0. The Morgan fingerprint density at radius 3 is 2.29 bits per heavy atom. The first-order valence-corrected chi connectivity index (χ1v) is 4.15. The summed E-state index contributed by atoms with van der Waals surface area (Å²) in [6.07, 6.45) is -8.40. The lowest BCUT2D eigenvalue weighted by Gasteiger charge is -2.13. The van der Waals surface area contributed by atoms with E-state index in [4.69, 9.17) is 0 Å². The van der Waals surface area contributed by atoms with Gasteiger partial charge in [-0.15, -0.1) is 0 Å². The van der Waals surface area contributed by atoms with Crippen LogP contribution in [-0.2, 0) is 6.18 Å². The molecule has 0 saturated carbocycles. The molecule has 0 aromatic carbocycles. The van der Waals surface area contributed by atoms with Gasteiger partial charge in [0.15, 0.2) is 0 Å². The highest BCUT2D eigenvalue weighted by molar-refractivity contribution is 5.48. The molecule has 9 heteroatoms. The van der Waals surface area contributed by atoms with E-state index in [1.165, 1.54) is 0 Å². The van der Waals surface area contributed by atoms with Gasteiger partial charge in [-0.3, -0.25) is 15.1 Å². The zero-order valence-electron chi connectivity index (χ0n) is 8.26. The van der Waals surface area contributed by atoms with E-state index >= 15 is 0 Å². The molecular weight excluding hydrogens is 251 g/mol. The van der Waals surface area contributed by atoms with Gasteiger partial charge in [-0.1, -0.05) is 0 Å². The Balaban J connectivity index is 3.68. The molecule has 0 radical (unpaired) electrons. The van der Waals surface area contributed by atoms with Gasteiger partial charge >= 0.3 is 6.18 Å². The zero-order chi connectivity index (χ0) is 13.4. The minimum atomic E-state index is -5.23. The molecule has 1 aromatic heterocycles. The van der Waals surface area contributed by atoms with Crippen molar-refractivity contribution in [3.63, 3.8) is 0 Å². The second-order valence-corrected chi connectivity index (χ2v) is 3.07. The fourth-order valence-corrected chi connectivity index (χ4v) is 1.31. The highest BCUT2D eigenvalue weighted by atomic mass is 19.4. The fraction of sp³-hybridized carbons (Fsp3) is 0.375. The first-order valence-electron chi connectivity index (χ1n) is 4.15. The Kier molecular flexibility index (Phi) is 3.30. The van der Waals surface area contributed by atoms with Gasteiger partial charge in [0, 0.05) is 5.69 Å². The molecule has 0 aliphatic carbocycles. The van der Waals surface area contributed by atoms with Crippen LogP contribution < -0.4 is 0 Å². The maximum Gasteiger partial charge on any atom is 0.423 e. The van der Waals surface area contributed by atoms with Crippen molar-refractivity contribution in [1.82, 2.24) is 4.98 Å². The SMILES string of the molecule is Cc1ncc([N+](=O)[O-])c(C(F)(F)F)c1C(F)F. The van der Waals surface area contributed by atoms with Crippen molar-refractivity contribution >= 4 is 5.69 Å². The first-order chi connectivity index (χ1) is 7.66. The molecular formula is C8H5F5N2O2. The maximum absolute atomic E-state index is 12.5. The van der Waals surface area contributed by atoms with Gasteiger partial charge in [0.25, 0.3) is 12.1 Å². The lowest BCUT2D eigenvalue weighted by Crippen LogP contribution is -2.15. The van der Waals surface area contributed by atoms with Crippen LogP contribution in [0.25, 0.3) is 0 Å². The molecule has 0 aliphatic rings. The number of alkyl halides is 5. The fourth-order valence-electron chi connectivity index (χ4n) is 1.31. The third-order valence-electron chi connectivity index (χ3n) is 1.99. The van der Waals surface area contributed by atoms with Gasteiger partial charge in [0.05, 0.1) is 10.5 Å². The molecule has 0 spiro atoms. The van der Waals surface area contributed by atoms with Crippen molar-refractivity contribution in [1.29, 1.82) is 0 Å². The van der Waals surface area contributed by atoms with E-state index in [9.17, 15) is 32.1 Å². The highest BCUT2D eigenvalue weighted by Crippen LogP contribution is 2.42. The first kappa shape index (κ1) is 13.3. The maximum atomic E-state index is 12.5. The lowest BCUT2D eigenvalue weighted by molar-refractivity contribution is -0.388. The number of aromatic nitrogens is 1. The summed E-state index contributed by atoms with van der Waals surface area (Å²) in [4.78, 5) is 12.2. The molecule has 0 fully saturated rings. The quantitative estimate of drug-likeness (QED) is 0.463. The lowest BCUT2D eigenvalue weighted by atomic mass is 10.1. The number of nitro groups is 1. The number of halogens is 5. The second-order valence-electron chi connectivity index (χ2n) is 3.07. The third kappa shape index (κ3) is 2.48. The van der Waals surface area contributed by atoms with Crippen LogP contribution in [0.5, 0.6) is 0 Å². The van der Waals surface area contributed by atoms with Gasteiger partial charge in [-0.25, -0.2) is 8.78 Å². The number of hydrogen-bond donors (Lipinski definition) is 0. The summed E-state index contributed by atoms with van der Waals surface area (Å²) in [5, 5.41) is 10.4. The summed E-state index contributed by atoms with van der Waals surface area (Å²) in [6, 6.07) is 0. The molecule has 1 aromatic rings. The minimum absolute atomic E-state index is 0.323. The Labute approximate surface area is 91.2 Å². The molecule has 0 N–H and O–H groups in total. The summed E-state index contributed by atoms with van der Waals surface area (Å²) < 4.78 is 62.6. The predicted molar refractivity (Wildman–Crippen MR) is 45.6 cm³/mol. The summed E-state index contributed by atoms with van der Waals surface area (Å²) in [7, 11) is 0. The monoisotopic (exact) mass is 256 g/mol. The number of hydrogen-bond acceptors (Lipinski definition) is 3. The summed E-state index contributed by atoms with van der Waals surface area (Å²) >= 11 is 0. The van der Waals surface area contributed by atoms with E-state index in [1.807, 2.05) is 0 Å².